The Morgan fingerprint density at radius 3 is 2.48 bits per heavy atom. The van der Waals surface area contributed by atoms with E-state index in [1.54, 1.807) is 0 Å². The third-order valence-corrected chi connectivity index (χ3v) is 5.35. The first-order valence-corrected chi connectivity index (χ1v) is 9.69. The van der Waals surface area contributed by atoms with Crippen molar-refractivity contribution >= 4 is 50.1 Å². The molecule has 0 unspecified atom stereocenters. The monoisotopic (exact) mass is 450 g/mol. The molecule has 4 rings (SSSR count). The van der Waals surface area contributed by atoms with E-state index >= 15 is 0 Å². The summed E-state index contributed by atoms with van der Waals surface area (Å²) in [7, 11) is 0. The summed E-state index contributed by atoms with van der Waals surface area (Å²) in [5.41, 5.74) is 22.3. The van der Waals surface area contributed by atoms with Crippen molar-refractivity contribution in [2.75, 3.05) is 10.6 Å². The molecule has 7 N–H and O–H groups in total. The minimum absolute atomic E-state index is 0.384. The van der Waals surface area contributed by atoms with Crippen molar-refractivity contribution in [2.45, 2.75) is 6.54 Å². The van der Waals surface area contributed by atoms with Crippen LogP contribution in [0.1, 0.15) is 5.56 Å². The molecular formula is C21H19BrN6O. The van der Waals surface area contributed by atoms with Gasteiger partial charge in [0.2, 0.25) is 0 Å². The van der Waals surface area contributed by atoms with Gasteiger partial charge in [-0.25, -0.2) is 4.79 Å². The van der Waals surface area contributed by atoms with Crippen LogP contribution in [0.5, 0.6) is 0 Å². The molecule has 0 aliphatic heterocycles. The maximum atomic E-state index is 12.1. The summed E-state index contributed by atoms with van der Waals surface area (Å²) in [6, 6.07) is 18.4. The molecule has 0 fully saturated rings. The minimum Gasteiger partial charge on any atom is -0.382 e. The molecule has 0 saturated carbocycles. The van der Waals surface area contributed by atoms with Crippen molar-refractivity contribution in [1.29, 1.82) is 0 Å². The average Bonchev–Trinajstić information content (AvgIpc) is 3.10. The summed E-state index contributed by atoms with van der Waals surface area (Å²) in [6.07, 6.45) is 0. The second-order valence-electron chi connectivity index (χ2n) is 6.58. The molecule has 4 aromatic rings. The third-order valence-electron chi connectivity index (χ3n) is 4.73. The molecule has 8 heteroatoms. The first kappa shape index (κ1) is 19.0. The first-order valence-electron chi connectivity index (χ1n) is 8.90. The number of aromatic nitrogens is 2. The molecule has 1 heterocycles. The highest BCUT2D eigenvalue weighted by Gasteiger charge is 2.16. The number of H-pyrrole nitrogens is 1. The number of fused-ring (bicyclic) bond motifs is 1. The fraction of sp³-hybridized carbons (Fsp3) is 0.0476. The Bertz CT molecular complexity index is 1200. The molecular weight excluding hydrogens is 432 g/mol. The van der Waals surface area contributed by atoms with Gasteiger partial charge < -0.3 is 17.2 Å². The molecule has 0 spiro atoms. The van der Waals surface area contributed by atoms with Crippen molar-refractivity contribution in [2.24, 2.45) is 11.5 Å². The number of anilines is 3. The Morgan fingerprint density at radius 2 is 1.79 bits per heavy atom. The predicted octanol–water partition coefficient (Wildman–Crippen LogP) is 4.25. The van der Waals surface area contributed by atoms with E-state index < -0.39 is 6.03 Å². The van der Waals surface area contributed by atoms with E-state index in [1.807, 2.05) is 60.7 Å². The number of amides is 2. The summed E-state index contributed by atoms with van der Waals surface area (Å²) in [6.45, 7) is 0.384. The number of nitrogens with one attached hydrogen (secondary N) is 1. The number of rotatable bonds is 4. The quantitative estimate of drug-likeness (QED) is 0.370. The molecule has 3 aromatic carbocycles. The van der Waals surface area contributed by atoms with E-state index in [-0.39, 0.29) is 0 Å². The van der Waals surface area contributed by atoms with Crippen LogP contribution in [-0.4, -0.2) is 16.2 Å². The van der Waals surface area contributed by atoms with E-state index in [2.05, 4.69) is 26.1 Å². The van der Waals surface area contributed by atoms with Gasteiger partial charge in [0, 0.05) is 11.0 Å². The Hall–Kier alpha value is -3.36. The lowest BCUT2D eigenvalue weighted by Crippen LogP contribution is -2.31. The Balaban J connectivity index is 1.71. The highest BCUT2D eigenvalue weighted by atomic mass is 79.9. The van der Waals surface area contributed by atoms with Crippen LogP contribution in [-0.2, 0) is 6.54 Å². The normalized spacial score (nSPS) is 11.0. The van der Waals surface area contributed by atoms with Gasteiger partial charge in [-0.1, -0.05) is 24.3 Å². The van der Waals surface area contributed by atoms with E-state index in [4.69, 9.17) is 17.2 Å². The molecule has 7 nitrogen and oxygen atoms in total. The average molecular weight is 451 g/mol. The van der Waals surface area contributed by atoms with Gasteiger partial charge in [-0.05, 0) is 69.0 Å². The van der Waals surface area contributed by atoms with Crippen molar-refractivity contribution in [1.82, 2.24) is 10.2 Å². The van der Waals surface area contributed by atoms with Gasteiger partial charge in [0.1, 0.15) is 0 Å². The summed E-state index contributed by atoms with van der Waals surface area (Å²) in [5, 5.41) is 7.83. The number of nitrogens with two attached hydrogens (primary N) is 3. The van der Waals surface area contributed by atoms with Gasteiger partial charge in [0.25, 0.3) is 0 Å². The number of benzene rings is 3. The Kier molecular flexibility index (Phi) is 4.96. The van der Waals surface area contributed by atoms with Gasteiger partial charge in [0.05, 0.1) is 22.3 Å². The lowest BCUT2D eigenvalue weighted by Gasteiger charge is -2.21. The van der Waals surface area contributed by atoms with Crippen molar-refractivity contribution in [3.8, 4) is 11.1 Å². The molecule has 0 bridgehead atoms. The van der Waals surface area contributed by atoms with Gasteiger partial charge in [-0.15, -0.1) is 0 Å². The number of carbonyl (C=O) groups excluding carboxylic acids is 1. The maximum absolute atomic E-state index is 12.1. The van der Waals surface area contributed by atoms with E-state index in [0.717, 1.165) is 32.1 Å². The largest absolute Gasteiger partial charge is 0.382 e. The first-order chi connectivity index (χ1) is 14.0. The molecule has 1 aromatic heterocycles. The molecule has 0 atom stereocenters. The summed E-state index contributed by atoms with van der Waals surface area (Å²) in [5.74, 6) is 0.450. The van der Waals surface area contributed by atoms with Gasteiger partial charge in [0.15, 0.2) is 5.82 Å². The van der Waals surface area contributed by atoms with Crippen molar-refractivity contribution in [3.63, 3.8) is 0 Å². The number of halogens is 1. The molecule has 2 amide bonds. The van der Waals surface area contributed by atoms with E-state index in [0.29, 0.717) is 23.7 Å². The number of urea groups is 1. The maximum Gasteiger partial charge on any atom is 0.323 e. The number of nitrogen functional groups attached to an aromatic ring is 1. The van der Waals surface area contributed by atoms with Gasteiger partial charge >= 0.3 is 6.03 Å². The summed E-state index contributed by atoms with van der Waals surface area (Å²) in [4.78, 5) is 13.6. The minimum atomic E-state index is -0.566. The number of hydrogen-bond donors (Lipinski definition) is 4. The lowest BCUT2D eigenvalue weighted by molar-refractivity contribution is 0.256. The topological polar surface area (TPSA) is 127 Å². The molecule has 146 valence electrons. The van der Waals surface area contributed by atoms with Crippen LogP contribution in [0.25, 0.3) is 22.0 Å². The van der Waals surface area contributed by atoms with Gasteiger partial charge in [-0.3, -0.25) is 10.00 Å². The fourth-order valence-corrected chi connectivity index (χ4v) is 3.99. The second kappa shape index (κ2) is 7.57. The predicted molar refractivity (Wildman–Crippen MR) is 120 cm³/mol. The smallest absolute Gasteiger partial charge is 0.323 e. The van der Waals surface area contributed by atoms with Gasteiger partial charge in [-0.2, -0.15) is 5.10 Å². The van der Waals surface area contributed by atoms with Crippen LogP contribution in [0, 0.1) is 0 Å². The highest BCUT2D eigenvalue weighted by molar-refractivity contribution is 9.10. The number of hydrogen-bond acceptors (Lipinski definition) is 4. The van der Waals surface area contributed by atoms with Crippen LogP contribution in [0.4, 0.5) is 22.0 Å². The van der Waals surface area contributed by atoms with Crippen LogP contribution in [0.15, 0.2) is 65.1 Å². The summed E-state index contributed by atoms with van der Waals surface area (Å²) >= 11 is 3.56. The fourth-order valence-electron chi connectivity index (χ4n) is 3.33. The Labute approximate surface area is 175 Å². The number of nitrogens with zero attached hydrogens (tertiary/aromatic N) is 2. The number of carbonyl (C=O) groups is 1. The SMILES string of the molecule is NCc1cccc(N(C(N)=O)c2ccc(-c3cc(Br)c4c(N)n[nH]c4c3)cc2)c1. The molecule has 29 heavy (non-hydrogen) atoms. The molecule has 0 radical (unpaired) electrons. The lowest BCUT2D eigenvalue weighted by atomic mass is 10.0. The zero-order chi connectivity index (χ0) is 20.5. The second-order valence-corrected chi connectivity index (χ2v) is 7.44. The highest BCUT2D eigenvalue weighted by Crippen LogP contribution is 2.34. The molecule has 0 aliphatic carbocycles. The van der Waals surface area contributed by atoms with E-state index in [1.165, 1.54) is 4.90 Å². The third kappa shape index (κ3) is 3.55. The van der Waals surface area contributed by atoms with Crippen LogP contribution in [0.2, 0.25) is 0 Å². The number of primary amides is 1. The van der Waals surface area contributed by atoms with Crippen LogP contribution in [0.3, 0.4) is 0 Å². The van der Waals surface area contributed by atoms with Crippen LogP contribution >= 0.6 is 15.9 Å². The van der Waals surface area contributed by atoms with E-state index in [9.17, 15) is 4.79 Å². The molecule has 0 saturated heterocycles. The molecule has 0 aliphatic rings. The Morgan fingerprint density at radius 1 is 1.03 bits per heavy atom. The van der Waals surface area contributed by atoms with Crippen LogP contribution < -0.4 is 22.1 Å². The van der Waals surface area contributed by atoms with Crippen molar-refractivity contribution in [3.05, 3.63) is 70.7 Å². The summed E-state index contributed by atoms with van der Waals surface area (Å²) < 4.78 is 0.859. The standard InChI is InChI=1S/C21H19BrN6O/c22-17-9-14(10-18-19(17)20(24)27-26-18)13-4-6-15(7-5-13)28(21(25)29)16-3-1-2-12(8-16)11-23/h1-10H,11,23H2,(H2,25,29)(H3,24,26,27). The zero-order valence-electron chi connectivity index (χ0n) is 15.4. The number of aromatic amines is 1. The van der Waals surface area contributed by atoms with Crippen molar-refractivity contribution < 1.29 is 4.79 Å². The zero-order valence-corrected chi connectivity index (χ0v) is 17.0.